The van der Waals surface area contributed by atoms with Gasteiger partial charge in [-0.05, 0) is 36.4 Å². The van der Waals surface area contributed by atoms with Crippen molar-refractivity contribution in [3.8, 4) is 17.2 Å². The average molecular weight is 401 g/mol. The second kappa shape index (κ2) is 8.53. The highest BCUT2D eigenvalue weighted by atomic mass is 32.1. The Hall–Kier alpha value is -2.71. The van der Waals surface area contributed by atoms with Crippen molar-refractivity contribution in [2.75, 3.05) is 32.8 Å². The number of ether oxygens (including phenoxy) is 1. The SMILES string of the molecule is O=C(COc1ccc(F)cc1)N1CCN(Cc2nc(-c3ccco3)cs2)CC1. The van der Waals surface area contributed by atoms with Gasteiger partial charge in [0.2, 0.25) is 0 Å². The molecule has 0 unspecified atom stereocenters. The molecule has 0 saturated carbocycles. The van der Waals surface area contributed by atoms with Crippen molar-refractivity contribution < 1.29 is 18.3 Å². The van der Waals surface area contributed by atoms with Crippen LogP contribution in [-0.2, 0) is 11.3 Å². The molecule has 0 atom stereocenters. The molecule has 0 aliphatic carbocycles. The summed E-state index contributed by atoms with van der Waals surface area (Å²) in [5, 5.41) is 3.03. The Kier molecular flexibility index (Phi) is 5.68. The van der Waals surface area contributed by atoms with Gasteiger partial charge in [-0.3, -0.25) is 9.69 Å². The molecule has 4 rings (SSSR count). The summed E-state index contributed by atoms with van der Waals surface area (Å²) in [4.78, 5) is 21.0. The predicted molar refractivity (Wildman–Crippen MR) is 104 cm³/mol. The molecule has 3 aromatic rings. The van der Waals surface area contributed by atoms with E-state index in [9.17, 15) is 9.18 Å². The summed E-state index contributed by atoms with van der Waals surface area (Å²) in [6, 6.07) is 9.42. The monoisotopic (exact) mass is 401 g/mol. The standard InChI is InChI=1S/C20H20FN3O3S/c21-15-3-5-16(6-4-15)27-13-20(25)24-9-7-23(8-10-24)12-19-22-17(14-28-19)18-2-1-11-26-18/h1-6,11,14H,7-10,12-13H2. The van der Waals surface area contributed by atoms with Crippen LogP contribution in [0.15, 0.2) is 52.5 Å². The van der Waals surface area contributed by atoms with Crippen LogP contribution in [0.1, 0.15) is 5.01 Å². The minimum absolute atomic E-state index is 0.0371. The lowest BCUT2D eigenvalue weighted by atomic mass is 10.3. The van der Waals surface area contributed by atoms with E-state index in [1.54, 1.807) is 22.5 Å². The normalized spacial score (nSPS) is 15.0. The molecule has 1 fully saturated rings. The largest absolute Gasteiger partial charge is 0.484 e. The highest BCUT2D eigenvalue weighted by molar-refractivity contribution is 7.09. The van der Waals surface area contributed by atoms with Crippen molar-refractivity contribution in [1.29, 1.82) is 0 Å². The van der Waals surface area contributed by atoms with Crippen molar-refractivity contribution in [3.63, 3.8) is 0 Å². The maximum Gasteiger partial charge on any atom is 0.260 e. The molecule has 1 saturated heterocycles. The third-order valence-corrected chi connectivity index (χ3v) is 5.42. The van der Waals surface area contributed by atoms with Crippen molar-refractivity contribution in [1.82, 2.24) is 14.8 Å². The van der Waals surface area contributed by atoms with Gasteiger partial charge in [-0.15, -0.1) is 11.3 Å². The molecular weight excluding hydrogens is 381 g/mol. The molecular formula is C20H20FN3O3S. The molecule has 1 amide bonds. The first kappa shape index (κ1) is 18.6. The van der Waals surface area contributed by atoms with Crippen LogP contribution in [-0.4, -0.2) is 53.5 Å². The second-order valence-electron chi connectivity index (χ2n) is 6.50. The summed E-state index contributed by atoms with van der Waals surface area (Å²) in [6.45, 7) is 3.62. The van der Waals surface area contributed by atoms with Gasteiger partial charge in [0, 0.05) is 31.6 Å². The maximum absolute atomic E-state index is 12.9. The topological polar surface area (TPSA) is 58.8 Å². The smallest absolute Gasteiger partial charge is 0.260 e. The molecule has 3 heterocycles. The fourth-order valence-corrected chi connectivity index (χ4v) is 3.86. The number of hydrogen-bond acceptors (Lipinski definition) is 6. The van der Waals surface area contributed by atoms with E-state index in [1.807, 2.05) is 17.5 Å². The van der Waals surface area contributed by atoms with E-state index in [1.165, 1.54) is 24.3 Å². The first-order valence-electron chi connectivity index (χ1n) is 9.04. The zero-order valence-electron chi connectivity index (χ0n) is 15.2. The third-order valence-electron chi connectivity index (χ3n) is 4.59. The lowest BCUT2D eigenvalue weighted by Gasteiger charge is -2.34. The van der Waals surface area contributed by atoms with Gasteiger partial charge in [-0.25, -0.2) is 9.37 Å². The second-order valence-corrected chi connectivity index (χ2v) is 7.45. The van der Waals surface area contributed by atoms with Gasteiger partial charge in [0.1, 0.15) is 22.3 Å². The number of rotatable bonds is 6. The number of hydrogen-bond donors (Lipinski definition) is 0. The number of piperazine rings is 1. The van der Waals surface area contributed by atoms with E-state index in [4.69, 9.17) is 9.15 Å². The van der Waals surface area contributed by atoms with Gasteiger partial charge >= 0.3 is 0 Å². The van der Waals surface area contributed by atoms with Crippen molar-refractivity contribution in [3.05, 3.63) is 58.9 Å². The van der Waals surface area contributed by atoms with Gasteiger partial charge in [-0.1, -0.05) is 0 Å². The number of benzene rings is 1. The first-order chi connectivity index (χ1) is 13.7. The summed E-state index contributed by atoms with van der Waals surface area (Å²) >= 11 is 1.62. The van der Waals surface area contributed by atoms with Gasteiger partial charge in [-0.2, -0.15) is 0 Å². The number of halogens is 1. The minimum Gasteiger partial charge on any atom is -0.484 e. The number of carbonyl (C=O) groups is 1. The fraction of sp³-hybridized carbons (Fsp3) is 0.300. The van der Waals surface area contributed by atoms with Crippen LogP contribution in [0.4, 0.5) is 4.39 Å². The van der Waals surface area contributed by atoms with E-state index < -0.39 is 0 Å². The van der Waals surface area contributed by atoms with Crippen molar-refractivity contribution in [2.24, 2.45) is 0 Å². The van der Waals surface area contributed by atoms with Crippen LogP contribution < -0.4 is 4.74 Å². The van der Waals surface area contributed by atoms with Crippen LogP contribution in [0.2, 0.25) is 0 Å². The molecule has 0 radical (unpaired) electrons. The van der Waals surface area contributed by atoms with Crippen LogP contribution in [0.3, 0.4) is 0 Å². The van der Waals surface area contributed by atoms with Crippen LogP contribution in [0.5, 0.6) is 5.75 Å². The molecule has 1 aliphatic heterocycles. The van der Waals surface area contributed by atoms with Crippen LogP contribution in [0, 0.1) is 5.82 Å². The lowest BCUT2D eigenvalue weighted by Crippen LogP contribution is -2.49. The Balaban J connectivity index is 1.23. The molecule has 2 aromatic heterocycles. The highest BCUT2D eigenvalue weighted by Crippen LogP contribution is 2.23. The van der Waals surface area contributed by atoms with Gasteiger partial charge in [0.25, 0.3) is 5.91 Å². The zero-order valence-corrected chi connectivity index (χ0v) is 16.0. The molecule has 28 heavy (non-hydrogen) atoms. The lowest BCUT2D eigenvalue weighted by molar-refractivity contribution is -0.135. The number of thiazole rings is 1. The maximum atomic E-state index is 12.9. The Morgan fingerprint density at radius 3 is 2.68 bits per heavy atom. The van der Waals surface area contributed by atoms with E-state index in [2.05, 4.69) is 9.88 Å². The molecule has 1 aromatic carbocycles. The Morgan fingerprint density at radius 1 is 1.18 bits per heavy atom. The number of aromatic nitrogens is 1. The van der Waals surface area contributed by atoms with Gasteiger partial charge in [0.15, 0.2) is 12.4 Å². The zero-order chi connectivity index (χ0) is 19.3. The van der Waals surface area contributed by atoms with Crippen LogP contribution in [0.25, 0.3) is 11.5 Å². The minimum atomic E-state index is -0.327. The summed E-state index contributed by atoms with van der Waals surface area (Å²) < 4.78 is 23.7. The molecule has 0 spiro atoms. The Morgan fingerprint density at radius 2 is 1.96 bits per heavy atom. The van der Waals surface area contributed by atoms with Crippen molar-refractivity contribution in [2.45, 2.75) is 6.54 Å². The predicted octanol–water partition coefficient (Wildman–Crippen LogP) is 3.27. The van der Waals surface area contributed by atoms with E-state index in [-0.39, 0.29) is 18.3 Å². The molecule has 146 valence electrons. The summed E-state index contributed by atoms with van der Waals surface area (Å²) in [7, 11) is 0. The van der Waals surface area contributed by atoms with Gasteiger partial charge < -0.3 is 14.1 Å². The third kappa shape index (κ3) is 4.58. The summed E-state index contributed by atoms with van der Waals surface area (Å²) in [5.74, 6) is 0.883. The number of nitrogens with zero attached hydrogens (tertiary/aromatic N) is 3. The number of carbonyl (C=O) groups excluding carboxylic acids is 1. The molecule has 8 heteroatoms. The molecule has 1 aliphatic rings. The molecule has 0 N–H and O–H groups in total. The van der Waals surface area contributed by atoms with Gasteiger partial charge in [0.05, 0.1) is 12.8 Å². The first-order valence-corrected chi connectivity index (χ1v) is 9.92. The number of furan rings is 1. The molecule has 6 nitrogen and oxygen atoms in total. The van der Waals surface area contributed by atoms with Crippen molar-refractivity contribution >= 4 is 17.2 Å². The number of amides is 1. The van der Waals surface area contributed by atoms with E-state index in [0.29, 0.717) is 18.8 Å². The summed E-state index contributed by atoms with van der Waals surface area (Å²) in [5.41, 5.74) is 0.858. The Bertz CT molecular complexity index is 903. The highest BCUT2D eigenvalue weighted by Gasteiger charge is 2.22. The van der Waals surface area contributed by atoms with E-state index in [0.717, 1.165) is 36.1 Å². The quantitative estimate of drug-likeness (QED) is 0.635. The van der Waals surface area contributed by atoms with E-state index >= 15 is 0 Å². The summed E-state index contributed by atoms with van der Waals surface area (Å²) in [6.07, 6.45) is 1.64. The Labute approximate surface area is 166 Å². The average Bonchev–Trinajstić information content (AvgIpc) is 3.40. The molecule has 0 bridgehead atoms. The van der Waals surface area contributed by atoms with Crippen LogP contribution >= 0.6 is 11.3 Å². The fourth-order valence-electron chi connectivity index (χ4n) is 3.03.